The van der Waals surface area contributed by atoms with Gasteiger partial charge in [-0.15, -0.1) is 11.3 Å². The van der Waals surface area contributed by atoms with Crippen LogP contribution in [0.2, 0.25) is 0 Å². The summed E-state index contributed by atoms with van der Waals surface area (Å²) in [7, 11) is 0. The largest absolute Gasteiger partial charge is 0.312 e. The lowest BCUT2D eigenvalue weighted by Crippen LogP contribution is -2.37. The summed E-state index contributed by atoms with van der Waals surface area (Å²) in [4.78, 5) is 0. The van der Waals surface area contributed by atoms with Crippen LogP contribution in [0, 0.1) is 5.82 Å². The highest BCUT2D eigenvalue weighted by Crippen LogP contribution is 2.26. The van der Waals surface area contributed by atoms with E-state index in [1.807, 2.05) is 6.07 Å². The second kappa shape index (κ2) is 4.75. The number of nitrogens with one attached hydrogen (secondary N) is 1. The Balaban J connectivity index is 2.09. The molecular formula is C14H18FNS. The van der Waals surface area contributed by atoms with Crippen LogP contribution in [0.4, 0.5) is 4.39 Å². The molecule has 1 aromatic carbocycles. The van der Waals surface area contributed by atoms with E-state index in [0.29, 0.717) is 0 Å². The molecular weight excluding hydrogens is 233 g/mol. The van der Waals surface area contributed by atoms with Gasteiger partial charge in [0.05, 0.1) is 0 Å². The van der Waals surface area contributed by atoms with Crippen molar-refractivity contribution in [3.63, 3.8) is 0 Å². The summed E-state index contributed by atoms with van der Waals surface area (Å²) in [6, 6.07) is 5.03. The van der Waals surface area contributed by atoms with Crippen LogP contribution in [0.3, 0.4) is 0 Å². The second-order valence-corrected chi connectivity index (χ2v) is 6.24. The van der Waals surface area contributed by atoms with E-state index in [4.69, 9.17) is 0 Å². The van der Waals surface area contributed by atoms with Crippen LogP contribution in [0.25, 0.3) is 10.1 Å². The van der Waals surface area contributed by atoms with Crippen LogP contribution in [-0.2, 0) is 6.42 Å². The summed E-state index contributed by atoms with van der Waals surface area (Å²) in [6.07, 6.45) is 0.989. The fraction of sp³-hybridized carbons (Fsp3) is 0.429. The molecule has 0 bridgehead atoms. The van der Waals surface area contributed by atoms with E-state index in [-0.39, 0.29) is 11.4 Å². The summed E-state index contributed by atoms with van der Waals surface area (Å²) < 4.78 is 14.1. The van der Waals surface area contributed by atoms with Crippen LogP contribution in [0.5, 0.6) is 0 Å². The number of fused-ring (bicyclic) bond motifs is 1. The monoisotopic (exact) mass is 251 g/mol. The van der Waals surface area contributed by atoms with Crippen molar-refractivity contribution in [2.75, 3.05) is 6.54 Å². The molecule has 0 aliphatic carbocycles. The topological polar surface area (TPSA) is 12.0 Å². The van der Waals surface area contributed by atoms with Gasteiger partial charge in [-0.05, 0) is 62.2 Å². The second-order valence-electron chi connectivity index (χ2n) is 5.33. The van der Waals surface area contributed by atoms with Gasteiger partial charge in [-0.25, -0.2) is 4.39 Å². The number of hydrogen-bond acceptors (Lipinski definition) is 2. The molecule has 0 spiro atoms. The van der Waals surface area contributed by atoms with E-state index in [1.54, 1.807) is 17.4 Å². The first kappa shape index (κ1) is 12.5. The van der Waals surface area contributed by atoms with Crippen molar-refractivity contribution >= 4 is 21.4 Å². The highest BCUT2D eigenvalue weighted by atomic mass is 32.1. The van der Waals surface area contributed by atoms with Crippen LogP contribution in [0.1, 0.15) is 26.3 Å². The standard InChI is InChI=1S/C14H18FNS/c1-14(2,3)16-7-6-10-9-17-13-8-11(15)4-5-12(10)13/h4-5,8-9,16H,6-7H2,1-3H3. The predicted octanol–water partition coefficient (Wildman–Crippen LogP) is 3.97. The molecule has 0 amide bonds. The fourth-order valence-electron chi connectivity index (χ4n) is 1.82. The van der Waals surface area contributed by atoms with Crippen LogP contribution in [-0.4, -0.2) is 12.1 Å². The third kappa shape index (κ3) is 3.27. The molecule has 0 saturated heterocycles. The fourth-order valence-corrected chi connectivity index (χ4v) is 2.84. The first-order valence-electron chi connectivity index (χ1n) is 5.86. The molecule has 1 heterocycles. The van der Waals surface area contributed by atoms with Gasteiger partial charge in [0, 0.05) is 10.2 Å². The normalized spacial score (nSPS) is 12.2. The van der Waals surface area contributed by atoms with Crippen molar-refractivity contribution in [2.45, 2.75) is 32.7 Å². The third-order valence-electron chi connectivity index (χ3n) is 2.67. The molecule has 0 aliphatic rings. The molecule has 1 aromatic heterocycles. The molecule has 1 N–H and O–H groups in total. The average molecular weight is 251 g/mol. The number of benzene rings is 1. The van der Waals surface area contributed by atoms with Crippen molar-refractivity contribution in [3.8, 4) is 0 Å². The molecule has 0 fully saturated rings. The first-order chi connectivity index (χ1) is 7.96. The molecule has 2 aromatic rings. The third-order valence-corrected chi connectivity index (χ3v) is 3.66. The Labute approximate surface area is 106 Å². The minimum atomic E-state index is -0.154. The molecule has 1 nitrogen and oxygen atoms in total. The Kier molecular flexibility index (Phi) is 3.50. The highest BCUT2D eigenvalue weighted by molar-refractivity contribution is 7.17. The Bertz CT molecular complexity index is 510. The lowest BCUT2D eigenvalue weighted by molar-refractivity contribution is 0.430. The van der Waals surface area contributed by atoms with Gasteiger partial charge in [0.1, 0.15) is 5.82 Å². The molecule has 2 rings (SSSR count). The van der Waals surface area contributed by atoms with E-state index in [9.17, 15) is 4.39 Å². The maximum atomic E-state index is 13.0. The van der Waals surface area contributed by atoms with Gasteiger partial charge in [0.2, 0.25) is 0 Å². The van der Waals surface area contributed by atoms with Crippen molar-refractivity contribution in [1.29, 1.82) is 0 Å². The molecule has 0 radical (unpaired) electrons. The van der Waals surface area contributed by atoms with Gasteiger partial charge < -0.3 is 5.32 Å². The summed E-state index contributed by atoms with van der Waals surface area (Å²) in [5.41, 5.74) is 1.46. The van der Waals surface area contributed by atoms with Crippen LogP contribution < -0.4 is 5.32 Å². The van der Waals surface area contributed by atoms with Crippen LogP contribution in [0.15, 0.2) is 23.6 Å². The molecule has 3 heteroatoms. The number of rotatable bonds is 3. The van der Waals surface area contributed by atoms with Crippen molar-refractivity contribution in [3.05, 3.63) is 35.0 Å². The van der Waals surface area contributed by atoms with Gasteiger partial charge in [-0.2, -0.15) is 0 Å². The first-order valence-corrected chi connectivity index (χ1v) is 6.74. The van der Waals surface area contributed by atoms with Gasteiger partial charge in [0.25, 0.3) is 0 Å². The van der Waals surface area contributed by atoms with Crippen molar-refractivity contribution < 1.29 is 4.39 Å². The number of thiophene rings is 1. The van der Waals surface area contributed by atoms with E-state index in [2.05, 4.69) is 31.5 Å². The van der Waals surface area contributed by atoms with Crippen molar-refractivity contribution in [1.82, 2.24) is 5.32 Å². The number of hydrogen-bond donors (Lipinski definition) is 1. The van der Waals surface area contributed by atoms with Gasteiger partial charge >= 0.3 is 0 Å². The van der Waals surface area contributed by atoms with E-state index in [0.717, 1.165) is 17.7 Å². The Morgan fingerprint density at radius 1 is 1.29 bits per heavy atom. The molecule has 0 saturated carbocycles. The molecule has 17 heavy (non-hydrogen) atoms. The highest BCUT2D eigenvalue weighted by Gasteiger charge is 2.09. The SMILES string of the molecule is CC(C)(C)NCCc1csc2cc(F)ccc12. The van der Waals surface area contributed by atoms with E-state index >= 15 is 0 Å². The summed E-state index contributed by atoms with van der Waals surface area (Å²) >= 11 is 1.62. The average Bonchev–Trinajstić information content (AvgIpc) is 2.59. The van der Waals surface area contributed by atoms with Gasteiger partial charge in [-0.1, -0.05) is 6.07 Å². The summed E-state index contributed by atoms with van der Waals surface area (Å²) in [5.74, 6) is -0.154. The number of halogens is 1. The summed E-state index contributed by atoms with van der Waals surface area (Å²) in [6.45, 7) is 7.43. The van der Waals surface area contributed by atoms with Gasteiger partial charge in [-0.3, -0.25) is 0 Å². The van der Waals surface area contributed by atoms with Gasteiger partial charge in [0.15, 0.2) is 0 Å². The minimum absolute atomic E-state index is 0.151. The Morgan fingerprint density at radius 3 is 2.76 bits per heavy atom. The lowest BCUT2D eigenvalue weighted by atomic mass is 10.1. The summed E-state index contributed by atoms with van der Waals surface area (Å²) in [5, 5.41) is 6.79. The zero-order chi connectivity index (χ0) is 12.5. The zero-order valence-electron chi connectivity index (χ0n) is 10.5. The predicted molar refractivity (Wildman–Crippen MR) is 73.2 cm³/mol. The maximum Gasteiger partial charge on any atom is 0.124 e. The van der Waals surface area contributed by atoms with Crippen LogP contribution >= 0.6 is 11.3 Å². The van der Waals surface area contributed by atoms with Crippen molar-refractivity contribution in [2.24, 2.45) is 0 Å². The molecule has 0 unspecified atom stereocenters. The molecule has 0 atom stereocenters. The maximum absolute atomic E-state index is 13.0. The molecule has 0 aliphatic heterocycles. The van der Waals surface area contributed by atoms with E-state index in [1.165, 1.54) is 17.0 Å². The zero-order valence-corrected chi connectivity index (χ0v) is 11.3. The molecule has 92 valence electrons. The Hall–Kier alpha value is -0.930. The quantitative estimate of drug-likeness (QED) is 0.870. The smallest absolute Gasteiger partial charge is 0.124 e. The lowest BCUT2D eigenvalue weighted by Gasteiger charge is -2.20. The van der Waals surface area contributed by atoms with E-state index < -0.39 is 0 Å². The minimum Gasteiger partial charge on any atom is -0.312 e. The Morgan fingerprint density at radius 2 is 2.06 bits per heavy atom.